The van der Waals surface area contributed by atoms with Crippen LogP contribution in [0.2, 0.25) is 0 Å². The van der Waals surface area contributed by atoms with Crippen molar-refractivity contribution in [1.29, 1.82) is 0 Å². The van der Waals surface area contributed by atoms with Crippen LogP contribution >= 0.6 is 0 Å². The number of rotatable bonds is 10. The maximum atomic E-state index is 11.8. The molecule has 2 rings (SSSR count). The minimum Gasteiger partial charge on any atom is -0.457 e. The van der Waals surface area contributed by atoms with Crippen molar-refractivity contribution in [3.8, 4) is 0 Å². The van der Waals surface area contributed by atoms with Crippen molar-refractivity contribution >= 4 is 11.9 Å². The van der Waals surface area contributed by atoms with Crippen LogP contribution in [0.5, 0.6) is 0 Å². The van der Waals surface area contributed by atoms with Gasteiger partial charge in [-0.1, -0.05) is 41.5 Å². The number of amides is 1. The summed E-state index contributed by atoms with van der Waals surface area (Å²) < 4.78 is 23.2. The number of azide groups is 1. The summed E-state index contributed by atoms with van der Waals surface area (Å²) in [7, 11) is 0. The molecule has 0 bridgehead atoms. The highest BCUT2D eigenvalue weighted by molar-refractivity contribution is 5.73. The van der Waals surface area contributed by atoms with E-state index in [4.69, 9.17) is 24.5 Å². The maximum absolute atomic E-state index is 11.8. The normalized spacial score (nSPS) is 25.6. The molecule has 1 aliphatic heterocycles. The van der Waals surface area contributed by atoms with Crippen molar-refractivity contribution in [2.75, 3.05) is 13.2 Å². The molecule has 10 nitrogen and oxygen atoms in total. The Labute approximate surface area is 174 Å². The van der Waals surface area contributed by atoms with Crippen LogP contribution in [0.3, 0.4) is 0 Å². The Bertz CT molecular complexity index is 768. The summed E-state index contributed by atoms with van der Waals surface area (Å²) in [6.07, 6.45) is -1.96. The van der Waals surface area contributed by atoms with Crippen molar-refractivity contribution in [1.82, 2.24) is 5.32 Å². The van der Waals surface area contributed by atoms with E-state index < -0.39 is 36.6 Å². The number of ether oxygens (including phenoxy) is 4. The summed E-state index contributed by atoms with van der Waals surface area (Å²) in [4.78, 5) is 26.4. The molecule has 1 heterocycles. The van der Waals surface area contributed by atoms with Gasteiger partial charge in [-0.3, -0.25) is 9.59 Å². The fourth-order valence-electron chi connectivity index (χ4n) is 3.16. The van der Waals surface area contributed by atoms with Gasteiger partial charge in [0.2, 0.25) is 5.91 Å². The fourth-order valence-corrected chi connectivity index (χ4v) is 3.16. The molecular formula is C20H26N4O6. The predicted molar refractivity (Wildman–Crippen MR) is 107 cm³/mol. The average molecular weight is 418 g/mol. The second kappa shape index (κ2) is 11.9. The molecule has 10 heteroatoms. The molecule has 1 aromatic rings. The molecule has 30 heavy (non-hydrogen) atoms. The van der Waals surface area contributed by atoms with Gasteiger partial charge >= 0.3 is 5.97 Å². The number of benzene rings is 1. The molecule has 1 fully saturated rings. The van der Waals surface area contributed by atoms with E-state index in [0.717, 1.165) is 5.56 Å². The lowest BCUT2D eigenvalue weighted by atomic mass is 9.95. The first-order chi connectivity index (χ1) is 14.5. The molecule has 0 aromatic heterocycles. The molecule has 0 radical (unpaired) electrons. The SMILES string of the molecule is C=CCO[C@H]1O[C@H](CN=[N+]=[N-])[C@@H](OCc2ccccc2)[C@H](OC(C)=O)[C@H]1NC(C)=O. The second-order valence-electron chi connectivity index (χ2n) is 6.64. The van der Waals surface area contributed by atoms with E-state index >= 15 is 0 Å². The average Bonchev–Trinajstić information content (AvgIpc) is 2.72. The standard InChI is InChI=1S/C20H26N4O6/c1-4-10-27-20-17(23-13(2)25)19(29-14(3)26)18(16(30-20)11-22-24-21)28-12-15-8-6-5-7-9-15/h4-9,16-20H,1,10-12H2,2-3H3,(H,23,25)/t16-,17-,18-,19-,20+/m1/s1. The lowest BCUT2D eigenvalue weighted by Gasteiger charge is -2.45. The van der Waals surface area contributed by atoms with E-state index in [1.165, 1.54) is 19.9 Å². The number of esters is 1. The minimum absolute atomic E-state index is 0.0749. The highest BCUT2D eigenvalue weighted by atomic mass is 16.7. The Morgan fingerprint density at radius 3 is 2.60 bits per heavy atom. The molecule has 1 N–H and O–H groups in total. The predicted octanol–water partition coefficient (Wildman–Crippen LogP) is 2.25. The van der Waals surface area contributed by atoms with Crippen molar-refractivity contribution in [3.63, 3.8) is 0 Å². The molecule has 1 amide bonds. The molecule has 1 aliphatic rings. The van der Waals surface area contributed by atoms with Gasteiger partial charge in [0.1, 0.15) is 12.1 Å². The summed E-state index contributed by atoms with van der Waals surface area (Å²) in [6, 6.07) is 8.55. The van der Waals surface area contributed by atoms with Crippen LogP contribution in [-0.2, 0) is 35.1 Å². The molecule has 1 saturated heterocycles. The monoisotopic (exact) mass is 418 g/mol. The van der Waals surface area contributed by atoms with Gasteiger partial charge in [0.05, 0.1) is 25.9 Å². The van der Waals surface area contributed by atoms with E-state index in [-0.39, 0.29) is 25.7 Å². The third-order valence-corrected chi connectivity index (χ3v) is 4.31. The first-order valence-electron chi connectivity index (χ1n) is 9.45. The molecule has 0 unspecified atom stereocenters. The first-order valence-corrected chi connectivity index (χ1v) is 9.45. The van der Waals surface area contributed by atoms with Crippen molar-refractivity contribution < 1.29 is 28.5 Å². The number of hydrogen-bond donors (Lipinski definition) is 1. The van der Waals surface area contributed by atoms with Crippen molar-refractivity contribution in [2.24, 2.45) is 5.11 Å². The molecule has 1 aromatic carbocycles. The Hall–Kier alpha value is -2.91. The number of nitrogens with zero attached hydrogens (tertiary/aromatic N) is 3. The van der Waals surface area contributed by atoms with Crippen LogP contribution in [0.4, 0.5) is 0 Å². The summed E-state index contributed by atoms with van der Waals surface area (Å²) in [5.74, 6) is -0.918. The largest absolute Gasteiger partial charge is 0.457 e. The summed E-state index contributed by atoms with van der Waals surface area (Å²) in [6.45, 7) is 6.46. The molecular weight excluding hydrogens is 392 g/mol. The van der Waals surface area contributed by atoms with Crippen LogP contribution in [0.25, 0.3) is 10.4 Å². The summed E-state index contributed by atoms with van der Waals surface area (Å²) >= 11 is 0. The molecule has 0 aliphatic carbocycles. The van der Waals surface area contributed by atoms with Gasteiger partial charge in [0, 0.05) is 18.8 Å². The van der Waals surface area contributed by atoms with Gasteiger partial charge in [-0.2, -0.15) is 0 Å². The Morgan fingerprint density at radius 2 is 2.00 bits per heavy atom. The highest BCUT2D eigenvalue weighted by Gasteiger charge is 2.49. The number of carbonyl (C=O) groups excluding carboxylic acids is 2. The topological polar surface area (TPSA) is 132 Å². The van der Waals surface area contributed by atoms with E-state index in [2.05, 4.69) is 21.9 Å². The minimum atomic E-state index is -0.966. The van der Waals surface area contributed by atoms with Crippen LogP contribution in [0.1, 0.15) is 19.4 Å². The Morgan fingerprint density at radius 1 is 1.27 bits per heavy atom. The zero-order valence-electron chi connectivity index (χ0n) is 17.0. The Balaban J connectivity index is 2.35. The Kier molecular flexibility index (Phi) is 9.30. The summed E-state index contributed by atoms with van der Waals surface area (Å²) in [5.41, 5.74) is 9.65. The van der Waals surface area contributed by atoms with Crippen LogP contribution in [0.15, 0.2) is 48.1 Å². The third kappa shape index (κ3) is 6.85. The van der Waals surface area contributed by atoms with Crippen molar-refractivity contribution in [2.45, 2.75) is 51.1 Å². The van der Waals surface area contributed by atoms with Crippen LogP contribution in [-0.4, -0.2) is 55.7 Å². The van der Waals surface area contributed by atoms with Gasteiger partial charge in [-0.15, -0.1) is 6.58 Å². The van der Waals surface area contributed by atoms with E-state index in [0.29, 0.717) is 0 Å². The molecule has 0 spiro atoms. The molecule has 5 atom stereocenters. The first kappa shape index (κ1) is 23.4. The van der Waals surface area contributed by atoms with E-state index in [9.17, 15) is 9.59 Å². The lowest BCUT2D eigenvalue weighted by Crippen LogP contribution is -2.66. The third-order valence-electron chi connectivity index (χ3n) is 4.31. The summed E-state index contributed by atoms with van der Waals surface area (Å²) in [5, 5.41) is 6.30. The molecule has 0 saturated carbocycles. The zero-order valence-corrected chi connectivity index (χ0v) is 17.0. The van der Waals surface area contributed by atoms with E-state index in [1.54, 1.807) is 0 Å². The smallest absolute Gasteiger partial charge is 0.303 e. The number of hydrogen-bond acceptors (Lipinski definition) is 7. The molecule has 162 valence electrons. The highest BCUT2D eigenvalue weighted by Crippen LogP contribution is 2.28. The lowest BCUT2D eigenvalue weighted by molar-refractivity contribution is -0.272. The van der Waals surface area contributed by atoms with Crippen LogP contribution in [0, 0.1) is 0 Å². The van der Waals surface area contributed by atoms with Crippen molar-refractivity contribution in [3.05, 3.63) is 59.0 Å². The second-order valence-corrected chi connectivity index (χ2v) is 6.64. The fraction of sp³-hybridized carbons (Fsp3) is 0.500. The van der Waals surface area contributed by atoms with Gasteiger partial charge in [0.15, 0.2) is 12.4 Å². The maximum Gasteiger partial charge on any atom is 0.303 e. The van der Waals surface area contributed by atoms with Gasteiger partial charge in [-0.05, 0) is 11.1 Å². The number of nitrogens with one attached hydrogen (secondary N) is 1. The van der Waals surface area contributed by atoms with Gasteiger partial charge in [0.25, 0.3) is 0 Å². The zero-order chi connectivity index (χ0) is 21.9. The van der Waals surface area contributed by atoms with Crippen LogP contribution < -0.4 is 5.32 Å². The number of carbonyl (C=O) groups is 2. The quantitative estimate of drug-likeness (QED) is 0.204. The van der Waals surface area contributed by atoms with Gasteiger partial charge in [-0.25, -0.2) is 0 Å². The van der Waals surface area contributed by atoms with Gasteiger partial charge < -0.3 is 24.3 Å². The van der Waals surface area contributed by atoms with E-state index in [1.807, 2.05) is 30.3 Å².